The molecule has 0 bridgehead atoms. The van der Waals surface area contributed by atoms with Gasteiger partial charge in [-0.1, -0.05) is 19.1 Å². The summed E-state index contributed by atoms with van der Waals surface area (Å²) < 4.78 is 54.0. The second-order valence-electron chi connectivity index (χ2n) is 6.17. The molecule has 0 aliphatic heterocycles. The van der Waals surface area contributed by atoms with Crippen LogP contribution in [0.3, 0.4) is 0 Å². The molecule has 1 rings (SSSR count). The Bertz CT molecular complexity index is 556. The third kappa shape index (κ3) is 3.80. The van der Waals surface area contributed by atoms with Gasteiger partial charge in [0.15, 0.2) is 0 Å². The Morgan fingerprint density at radius 3 is 2.35 bits per heavy atom. The van der Waals surface area contributed by atoms with E-state index >= 15 is 0 Å². The number of aromatic nitrogens is 3. The van der Waals surface area contributed by atoms with E-state index in [2.05, 4.69) is 10.3 Å². The van der Waals surface area contributed by atoms with E-state index in [0.717, 1.165) is 13.8 Å². The quantitative estimate of drug-likeness (QED) is 0.770. The first-order valence-corrected chi connectivity index (χ1v) is 6.92. The Morgan fingerprint density at radius 1 is 1.35 bits per heavy atom. The molecule has 1 aromatic rings. The molecule has 0 aliphatic rings. The van der Waals surface area contributed by atoms with Crippen LogP contribution in [0, 0.1) is 5.92 Å². The Hall–Kier alpha value is -1.71. The summed E-state index contributed by atoms with van der Waals surface area (Å²) in [5, 5.41) is 18.5. The highest BCUT2D eigenvalue weighted by molar-refractivity contribution is 5.86. The number of aliphatic hydroxyl groups excluding tert-OH is 1. The molecule has 10 heteroatoms. The van der Waals surface area contributed by atoms with Crippen LogP contribution in [0.5, 0.6) is 0 Å². The number of hydrogen-bond donors (Lipinski definition) is 2. The van der Waals surface area contributed by atoms with Crippen LogP contribution in [0.4, 0.5) is 17.6 Å². The average Bonchev–Trinajstić information content (AvgIpc) is 2.91. The molecule has 0 saturated carbocycles. The van der Waals surface area contributed by atoms with Crippen molar-refractivity contribution in [2.24, 2.45) is 5.92 Å². The molecule has 0 fully saturated rings. The minimum absolute atomic E-state index is 0.146. The number of hydrogen-bond acceptors (Lipinski definition) is 4. The SMILES string of the molecule is CC(C)C(F)(C(=O)NCc1cn(C(C)(C)CO)nn1)C(F)(F)F. The van der Waals surface area contributed by atoms with Gasteiger partial charge in [-0.15, -0.1) is 5.10 Å². The molecule has 0 radical (unpaired) electrons. The monoisotopic (exact) mass is 340 g/mol. The Labute approximate surface area is 130 Å². The average molecular weight is 340 g/mol. The van der Waals surface area contributed by atoms with E-state index in [9.17, 15) is 27.5 Å². The lowest BCUT2D eigenvalue weighted by Gasteiger charge is -2.29. The summed E-state index contributed by atoms with van der Waals surface area (Å²) in [7, 11) is 0. The van der Waals surface area contributed by atoms with E-state index in [1.54, 1.807) is 13.8 Å². The first-order valence-electron chi connectivity index (χ1n) is 6.92. The summed E-state index contributed by atoms with van der Waals surface area (Å²) in [4.78, 5) is 11.7. The van der Waals surface area contributed by atoms with Crippen molar-refractivity contribution in [1.82, 2.24) is 20.3 Å². The summed E-state index contributed by atoms with van der Waals surface area (Å²) in [6, 6.07) is 0. The third-order valence-corrected chi connectivity index (χ3v) is 3.52. The highest BCUT2D eigenvalue weighted by Crippen LogP contribution is 2.40. The number of carbonyl (C=O) groups is 1. The highest BCUT2D eigenvalue weighted by Gasteiger charge is 2.63. The molecule has 1 atom stereocenters. The molecule has 23 heavy (non-hydrogen) atoms. The molecule has 2 N–H and O–H groups in total. The lowest BCUT2D eigenvalue weighted by Crippen LogP contribution is -2.56. The van der Waals surface area contributed by atoms with Gasteiger partial charge in [-0.25, -0.2) is 9.07 Å². The number of aliphatic hydroxyl groups is 1. The van der Waals surface area contributed by atoms with Crippen molar-refractivity contribution >= 4 is 5.91 Å². The van der Waals surface area contributed by atoms with E-state index in [1.165, 1.54) is 10.9 Å². The summed E-state index contributed by atoms with van der Waals surface area (Å²) >= 11 is 0. The fourth-order valence-corrected chi connectivity index (χ4v) is 1.77. The lowest BCUT2D eigenvalue weighted by molar-refractivity contribution is -0.239. The number of carbonyl (C=O) groups excluding carboxylic acids is 1. The van der Waals surface area contributed by atoms with Crippen molar-refractivity contribution in [3.8, 4) is 0 Å². The second-order valence-corrected chi connectivity index (χ2v) is 6.17. The van der Waals surface area contributed by atoms with Gasteiger partial charge in [0.1, 0.15) is 5.69 Å². The minimum Gasteiger partial charge on any atom is -0.394 e. The van der Waals surface area contributed by atoms with Gasteiger partial charge >= 0.3 is 6.18 Å². The molecular weight excluding hydrogens is 320 g/mol. The van der Waals surface area contributed by atoms with Gasteiger partial charge in [0.25, 0.3) is 11.6 Å². The van der Waals surface area contributed by atoms with E-state index < -0.39 is 35.8 Å². The van der Waals surface area contributed by atoms with Gasteiger partial charge in [0, 0.05) is 5.92 Å². The molecule has 132 valence electrons. The maximum absolute atomic E-state index is 14.2. The molecular formula is C13H20F4N4O2. The van der Waals surface area contributed by atoms with Crippen molar-refractivity contribution in [2.45, 2.75) is 51.6 Å². The van der Waals surface area contributed by atoms with Gasteiger partial charge in [0.05, 0.1) is 24.9 Å². The van der Waals surface area contributed by atoms with E-state index in [-0.39, 0.29) is 12.3 Å². The van der Waals surface area contributed by atoms with Crippen molar-refractivity contribution in [1.29, 1.82) is 0 Å². The largest absolute Gasteiger partial charge is 0.431 e. The zero-order chi connectivity index (χ0) is 18.1. The molecule has 0 saturated heterocycles. The van der Waals surface area contributed by atoms with Crippen LogP contribution in [-0.4, -0.2) is 44.5 Å². The topological polar surface area (TPSA) is 80.0 Å². The van der Waals surface area contributed by atoms with E-state index in [4.69, 9.17) is 0 Å². The normalized spacial score (nSPS) is 15.6. The summed E-state index contributed by atoms with van der Waals surface area (Å²) in [5.74, 6) is -3.34. The van der Waals surface area contributed by atoms with Crippen LogP contribution in [0.15, 0.2) is 6.20 Å². The van der Waals surface area contributed by atoms with Crippen molar-refractivity contribution in [2.75, 3.05) is 6.61 Å². The van der Waals surface area contributed by atoms with Crippen LogP contribution in [0.1, 0.15) is 33.4 Å². The molecule has 1 aromatic heterocycles. The van der Waals surface area contributed by atoms with Crippen LogP contribution in [0.25, 0.3) is 0 Å². The first kappa shape index (κ1) is 19.3. The summed E-state index contributed by atoms with van der Waals surface area (Å²) in [5.41, 5.74) is -4.59. The predicted octanol–water partition coefficient (Wildman–Crippen LogP) is 1.55. The number of rotatable bonds is 6. The highest BCUT2D eigenvalue weighted by atomic mass is 19.4. The maximum Gasteiger partial charge on any atom is 0.431 e. The Balaban J connectivity index is 2.84. The smallest absolute Gasteiger partial charge is 0.394 e. The number of amides is 1. The van der Waals surface area contributed by atoms with Gasteiger partial charge in [-0.05, 0) is 13.8 Å². The number of halogens is 4. The maximum atomic E-state index is 14.2. The van der Waals surface area contributed by atoms with Gasteiger partial charge in [0.2, 0.25) is 0 Å². The fourth-order valence-electron chi connectivity index (χ4n) is 1.77. The molecule has 1 unspecified atom stereocenters. The summed E-state index contributed by atoms with van der Waals surface area (Å²) in [6.07, 6.45) is -3.96. The number of nitrogens with zero attached hydrogens (tertiary/aromatic N) is 3. The van der Waals surface area contributed by atoms with Crippen LogP contribution in [-0.2, 0) is 16.9 Å². The first-order chi connectivity index (χ1) is 10.4. The molecule has 0 aliphatic carbocycles. The Morgan fingerprint density at radius 2 is 1.91 bits per heavy atom. The lowest BCUT2D eigenvalue weighted by atomic mass is 9.90. The minimum atomic E-state index is -5.32. The molecule has 0 spiro atoms. The van der Waals surface area contributed by atoms with Crippen LogP contribution >= 0.6 is 0 Å². The van der Waals surface area contributed by atoms with Gasteiger partial charge in [-0.3, -0.25) is 4.79 Å². The van der Waals surface area contributed by atoms with Crippen molar-refractivity contribution < 1.29 is 27.5 Å². The number of nitrogens with one attached hydrogen (secondary N) is 1. The van der Waals surface area contributed by atoms with Crippen molar-refractivity contribution in [3.05, 3.63) is 11.9 Å². The predicted molar refractivity (Wildman–Crippen MR) is 73.0 cm³/mol. The Kier molecular flexibility index (Phi) is 5.40. The van der Waals surface area contributed by atoms with Gasteiger partial charge < -0.3 is 10.4 Å². The third-order valence-electron chi connectivity index (χ3n) is 3.52. The number of alkyl halides is 4. The summed E-state index contributed by atoms with van der Waals surface area (Å²) in [6.45, 7) is 4.64. The van der Waals surface area contributed by atoms with E-state index in [1.807, 2.05) is 5.32 Å². The zero-order valence-corrected chi connectivity index (χ0v) is 13.3. The van der Waals surface area contributed by atoms with Gasteiger partial charge in [-0.2, -0.15) is 13.2 Å². The molecule has 1 heterocycles. The standard InChI is InChI=1S/C13H20F4N4O2/c1-8(2)12(14,13(15,16)17)10(23)18-5-9-6-21(20-19-9)11(3,4)7-22/h6,8,22H,5,7H2,1-4H3,(H,18,23). The van der Waals surface area contributed by atoms with Crippen LogP contribution < -0.4 is 5.32 Å². The molecule has 6 nitrogen and oxygen atoms in total. The second kappa shape index (κ2) is 6.42. The van der Waals surface area contributed by atoms with E-state index in [0.29, 0.717) is 0 Å². The fraction of sp³-hybridized carbons (Fsp3) is 0.769. The van der Waals surface area contributed by atoms with Crippen molar-refractivity contribution in [3.63, 3.8) is 0 Å². The zero-order valence-electron chi connectivity index (χ0n) is 13.3. The molecule has 1 amide bonds. The van der Waals surface area contributed by atoms with Crippen LogP contribution in [0.2, 0.25) is 0 Å². The molecule has 0 aromatic carbocycles.